The van der Waals surface area contributed by atoms with Crippen molar-refractivity contribution in [2.45, 2.75) is 52.7 Å². The van der Waals surface area contributed by atoms with Crippen molar-refractivity contribution < 1.29 is 4.74 Å². The lowest BCUT2D eigenvalue weighted by Gasteiger charge is -2.32. The van der Waals surface area contributed by atoms with Gasteiger partial charge in [-0.2, -0.15) is 0 Å². The van der Waals surface area contributed by atoms with E-state index in [1.165, 1.54) is 12.8 Å². The molecular weight excluding hydrogens is 338 g/mol. The minimum atomic E-state index is 0.0871. The minimum absolute atomic E-state index is 0.0871. The number of nitrogens with zero attached hydrogens (tertiary/aromatic N) is 3. The first-order chi connectivity index (χ1) is 13.0. The number of hydrogen-bond acceptors (Lipinski definition) is 3. The van der Waals surface area contributed by atoms with Crippen molar-refractivity contribution in [3.8, 4) is 5.69 Å². The van der Waals surface area contributed by atoms with Crippen LogP contribution in [0.15, 0.2) is 35.1 Å². The lowest BCUT2D eigenvalue weighted by atomic mass is 10.0. The van der Waals surface area contributed by atoms with Crippen LogP contribution in [0.5, 0.6) is 0 Å². The molecule has 1 fully saturated rings. The molecule has 5 heteroatoms. The highest BCUT2D eigenvalue weighted by Crippen LogP contribution is 2.17. The molecule has 1 atom stereocenters. The van der Waals surface area contributed by atoms with Gasteiger partial charge in [-0.05, 0) is 31.4 Å². The van der Waals surface area contributed by atoms with E-state index >= 15 is 0 Å². The summed E-state index contributed by atoms with van der Waals surface area (Å²) in [6.45, 7) is 9.83. The summed E-state index contributed by atoms with van der Waals surface area (Å²) in [5, 5.41) is 0. The number of rotatable bonds is 7. The van der Waals surface area contributed by atoms with Crippen LogP contribution in [0.25, 0.3) is 5.69 Å². The van der Waals surface area contributed by atoms with Gasteiger partial charge in [0.1, 0.15) is 0 Å². The zero-order chi connectivity index (χ0) is 19.4. The highest BCUT2D eigenvalue weighted by Gasteiger charge is 2.24. The highest BCUT2D eigenvalue weighted by atomic mass is 16.5. The van der Waals surface area contributed by atoms with Crippen LogP contribution in [-0.4, -0.2) is 40.1 Å². The predicted octanol–water partition coefficient (Wildman–Crippen LogP) is 3.51. The first-order valence-corrected chi connectivity index (χ1v) is 10.1. The third-order valence-electron chi connectivity index (χ3n) is 5.59. The summed E-state index contributed by atoms with van der Waals surface area (Å²) in [6, 6.07) is 9.85. The van der Waals surface area contributed by atoms with Crippen molar-refractivity contribution in [3.63, 3.8) is 0 Å². The van der Waals surface area contributed by atoms with Crippen LogP contribution in [0.1, 0.15) is 44.4 Å². The molecule has 5 nitrogen and oxygen atoms in total. The fourth-order valence-corrected chi connectivity index (χ4v) is 3.88. The van der Waals surface area contributed by atoms with Crippen LogP contribution in [0.4, 0.5) is 0 Å². The third-order valence-corrected chi connectivity index (χ3v) is 5.59. The molecule has 0 amide bonds. The van der Waals surface area contributed by atoms with Gasteiger partial charge in [-0.15, -0.1) is 0 Å². The monoisotopic (exact) mass is 371 g/mol. The summed E-state index contributed by atoms with van der Waals surface area (Å²) in [5.74, 6) is 0.744. The van der Waals surface area contributed by atoms with E-state index in [4.69, 9.17) is 4.74 Å². The van der Waals surface area contributed by atoms with Crippen molar-refractivity contribution in [3.05, 3.63) is 51.9 Å². The van der Waals surface area contributed by atoms with Gasteiger partial charge in [-0.3, -0.25) is 14.4 Å². The topological polar surface area (TPSA) is 39.4 Å². The Balaban J connectivity index is 1.71. The maximum Gasteiger partial charge on any atom is 0.276 e. The van der Waals surface area contributed by atoms with Gasteiger partial charge in [-0.1, -0.05) is 44.9 Å². The quantitative estimate of drug-likeness (QED) is 0.748. The van der Waals surface area contributed by atoms with Crippen LogP contribution in [0, 0.1) is 12.8 Å². The Morgan fingerprint density at radius 1 is 1.22 bits per heavy atom. The molecular formula is C22H33N3O2. The lowest BCUT2D eigenvalue weighted by molar-refractivity contribution is -0.0361. The van der Waals surface area contributed by atoms with Crippen LogP contribution in [0.3, 0.4) is 0 Å². The number of aromatic nitrogens is 2. The van der Waals surface area contributed by atoms with Crippen LogP contribution in [-0.2, 0) is 18.3 Å². The zero-order valence-electron chi connectivity index (χ0n) is 17.1. The molecule has 27 heavy (non-hydrogen) atoms. The van der Waals surface area contributed by atoms with E-state index in [-0.39, 0.29) is 11.7 Å². The normalized spacial score (nSPS) is 18.3. The Hall–Kier alpha value is -1.85. The summed E-state index contributed by atoms with van der Waals surface area (Å²) in [6.07, 6.45) is 3.86. The second-order valence-corrected chi connectivity index (χ2v) is 8.09. The van der Waals surface area contributed by atoms with Gasteiger partial charge in [0.05, 0.1) is 24.0 Å². The van der Waals surface area contributed by atoms with E-state index in [0.29, 0.717) is 6.54 Å². The molecule has 2 heterocycles. The van der Waals surface area contributed by atoms with E-state index in [1.54, 1.807) is 4.68 Å². The van der Waals surface area contributed by atoms with Gasteiger partial charge in [0, 0.05) is 32.4 Å². The van der Waals surface area contributed by atoms with Gasteiger partial charge in [-0.25, -0.2) is 4.68 Å². The molecule has 1 aromatic carbocycles. The summed E-state index contributed by atoms with van der Waals surface area (Å²) in [7, 11) is 1.96. The van der Waals surface area contributed by atoms with E-state index in [2.05, 4.69) is 18.7 Å². The van der Waals surface area contributed by atoms with E-state index in [1.807, 2.05) is 49.0 Å². The van der Waals surface area contributed by atoms with Gasteiger partial charge in [0.15, 0.2) is 0 Å². The van der Waals surface area contributed by atoms with Crippen LogP contribution < -0.4 is 5.56 Å². The van der Waals surface area contributed by atoms with Crippen LogP contribution >= 0.6 is 0 Å². The molecule has 0 N–H and O–H groups in total. The standard InChI is InChI=1S/C22H33N3O2/c1-17(2)9-8-12-20-15-24(13-14-27-20)16-21-18(3)23(4)25(22(21)26)19-10-6-5-7-11-19/h5-7,10-11,17,20H,8-9,12-16H2,1-4H3. The first-order valence-electron chi connectivity index (χ1n) is 10.1. The van der Waals surface area contributed by atoms with E-state index in [9.17, 15) is 4.79 Å². The average molecular weight is 372 g/mol. The van der Waals surface area contributed by atoms with E-state index in [0.717, 1.165) is 49.0 Å². The number of hydrogen-bond donors (Lipinski definition) is 0. The molecule has 0 aliphatic carbocycles. The molecule has 0 saturated carbocycles. The molecule has 148 valence electrons. The second kappa shape index (κ2) is 8.89. The van der Waals surface area contributed by atoms with Crippen molar-refractivity contribution >= 4 is 0 Å². The molecule has 1 unspecified atom stereocenters. The minimum Gasteiger partial charge on any atom is -0.376 e. The fraction of sp³-hybridized carbons (Fsp3) is 0.591. The molecule has 3 rings (SSSR count). The Kier molecular flexibility index (Phi) is 6.55. The molecule has 0 spiro atoms. The molecule has 1 aromatic heterocycles. The fourth-order valence-electron chi connectivity index (χ4n) is 3.88. The van der Waals surface area contributed by atoms with Gasteiger partial charge in [0.25, 0.3) is 5.56 Å². The van der Waals surface area contributed by atoms with Crippen molar-refractivity contribution in [2.24, 2.45) is 13.0 Å². The Labute approximate surface area is 162 Å². The van der Waals surface area contributed by atoms with Gasteiger partial charge < -0.3 is 4.74 Å². The molecule has 0 bridgehead atoms. The largest absolute Gasteiger partial charge is 0.376 e. The molecule has 1 saturated heterocycles. The Bertz CT molecular complexity index is 792. The smallest absolute Gasteiger partial charge is 0.276 e. The molecule has 1 aliphatic rings. The predicted molar refractivity (Wildman–Crippen MR) is 109 cm³/mol. The molecule has 1 aliphatic heterocycles. The average Bonchev–Trinajstić information content (AvgIpc) is 2.86. The maximum atomic E-state index is 13.1. The summed E-state index contributed by atoms with van der Waals surface area (Å²) in [5.41, 5.74) is 2.92. The van der Waals surface area contributed by atoms with Crippen molar-refractivity contribution in [1.82, 2.24) is 14.3 Å². The number of ether oxygens (including phenoxy) is 1. The second-order valence-electron chi connectivity index (χ2n) is 8.09. The van der Waals surface area contributed by atoms with Crippen molar-refractivity contribution in [2.75, 3.05) is 19.7 Å². The Morgan fingerprint density at radius 3 is 2.67 bits per heavy atom. The SMILES string of the molecule is Cc1c(CN2CCOC(CCCC(C)C)C2)c(=O)n(-c2ccccc2)n1C. The molecule has 0 radical (unpaired) electrons. The summed E-state index contributed by atoms with van der Waals surface area (Å²) < 4.78 is 9.69. The van der Waals surface area contributed by atoms with Gasteiger partial charge in [0.2, 0.25) is 0 Å². The zero-order valence-corrected chi connectivity index (χ0v) is 17.1. The summed E-state index contributed by atoms with van der Waals surface area (Å²) in [4.78, 5) is 15.5. The highest BCUT2D eigenvalue weighted by molar-refractivity contribution is 5.33. The lowest BCUT2D eigenvalue weighted by Crippen LogP contribution is -2.42. The maximum absolute atomic E-state index is 13.1. The van der Waals surface area contributed by atoms with Gasteiger partial charge >= 0.3 is 0 Å². The first kappa shape index (κ1) is 19.9. The Morgan fingerprint density at radius 2 is 1.96 bits per heavy atom. The number of morpholine rings is 1. The molecule has 2 aromatic rings. The summed E-state index contributed by atoms with van der Waals surface area (Å²) >= 11 is 0. The third kappa shape index (κ3) is 4.71. The van der Waals surface area contributed by atoms with Crippen LogP contribution in [0.2, 0.25) is 0 Å². The van der Waals surface area contributed by atoms with Crippen molar-refractivity contribution in [1.29, 1.82) is 0 Å². The van der Waals surface area contributed by atoms with E-state index < -0.39 is 0 Å². The number of para-hydroxylation sites is 1. The number of benzene rings is 1.